The number of carbonyl (C=O) groups excluding carboxylic acids is 1. The molecule has 1 N–H and O–H groups in total. The lowest BCUT2D eigenvalue weighted by molar-refractivity contribution is 0.0785. The third-order valence-corrected chi connectivity index (χ3v) is 6.43. The number of likely N-dealkylation sites (tertiary alicyclic amines) is 1. The van der Waals surface area contributed by atoms with E-state index in [4.69, 9.17) is 9.62 Å². The molecular weight excluding hydrogens is 390 g/mol. The lowest BCUT2D eigenvalue weighted by Crippen LogP contribution is -2.35. The molecule has 1 fully saturated rings. The predicted octanol–water partition coefficient (Wildman–Crippen LogP) is 3.44. The summed E-state index contributed by atoms with van der Waals surface area (Å²) in [6, 6.07) is 12.3. The van der Waals surface area contributed by atoms with Gasteiger partial charge in [0.25, 0.3) is 5.91 Å². The average molecular weight is 420 g/mol. The van der Waals surface area contributed by atoms with Crippen LogP contribution >= 0.6 is 0 Å². The van der Waals surface area contributed by atoms with Crippen molar-refractivity contribution in [2.24, 2.45) is 0 Å². The van der Waals surface area contributed by atoms with E-state index in [9.17, 15) is 4.79 Å². The van der Waals surface area contributed by atoms with Gasteiger partial charge in [0, 0.05) is 55.1 Å². The Balaban J connectivity index is 1.28. The van der Waals surface area contributed by atoms with Crippen LogP contribution in [0.2, 0.25) is 0 Å². The Morgan fingerprint density at radius 1 is 1.23 bits per heavy atom. The van der Waals surface area contributed by atoms with Gasteiger partial charge in [0.05, 0.1) is 5.69 Å². The van der Waals surface area contributed by atoms with Crippen molar-refractivity contribution in [1.29, 1.82) is 0 Å². The molecule has 3 heterocycles. The molecule has 1 aliphatic heterocycles. The maximum absolute atomic E-state index is 13.1. The SMILES string of the molecule is CCn1nc(C(=O)N2CCCC2)c2c1CCC(NCc1cc(-c3ccccc3)on1)C2. The van der Waals surface area contributed by atoms with Crippen molar-refractivity contribution in [1.82, 2.24) is 25.2 Å². The highest BCUT2D eigenvalue weighted by atomic mass is 16.5. The van der Waals surface area contributed by atoms with Crippen molar-refractivity contribution >= 4 is 5.91 Å². The van der Waals surface area contributed by atoms with Gasteiger partial charge in [0.15, 0.2) is 11.5 Å². The fourth-order valence-electron chi connectivity index (χ4n) is 4.75. The molecule has 3 aromatic rings. The van der Waals surface area contributed by atoms with Crippen LogP contribution in [-0.4, -0.2) is 44.9 Å². The summed E-state index contributed by atoms with van der Waals surface area (Å²) in [6.07, 6.45) is 4.98. The van der Waals surface area contributed by atoms with E-state index < -0.39 is 0 Å². The molecule has 1 unspecified atom stereocenters. The molecule has 5 rings (SSSR count). The molecule has 7 heteroatoms. The number of aryl methyl sites for hydroxylation is 1. The van der Waals surface area contributed by atoms with Gasteiger partial charge in [-0.3, -0.25) is 9.48 Å². The molecule has 0 saturated carbocycles. The van der Waals surface area contributed by atoms with Gasteiger partial charge in [0.2, 0.25) is 0 Å². The van der Waals surface area contributed by atoms with Gasteiger partial charge < -0.3 is 14.7 Å². The van der Waals surface area contributed by atoms with Crippen LogP contribution < -0.4 is 5.32 Å². The van der Waals surface area contributed by atoms with Crippen molar-refractivity contribution in [2.45, 2.75) is 58.2 Å². The van der Waals surface area contributed by atoms with Crippen molar-refractivity contribution in [2.75, 3.05) is 13.1 Å². The molecule has 0 radical (unpaired) electrons. The minimum absolute atomic E-state index is 0.102. The highest BCUT2D eigenvalue weighted by molar-refractivity contribution is 5.94. The molecule has 31 heavy (non-hydrogen) atoms. The molecule has 0 spiro atoms. The summed E-state index contributed by atoms with van der Waals surface area (Å²) in [5.41, 5.74) is 4.95. The molecule has 1 aromatic carbocycles. The number of aromatic nitrogens is 3. The Morgan fingerprint density at radius 2 is 2.03 bits per heavy atom. The molecule has 2 aliphatic rings. The second-order valence-electron chi connectivity index (χ2n) is 8.46. The van der Waals surface area contributed by atoms with E-state index in [1.54, 1.807) is 0 Å². The van der Waals surface area contributed by atoms with E-state index >= 15 is 0 Å². The molecule has 1 amide bonds. The standard InChI is InChI=1S/C24H29N5O2/c1-2-29-21-11-10-18(14-20(21)23(26-29)24(30)28-12-6-7-13-28)25-16-19-15-22(31-27-19)17-8-4-3-5-9-17/h3-5,8-9,15,18,25H,2,6-7,10-14,16H2,1H3. The minimum atomic E-state index is 0.102. The zero-order valence-electron chi connectivity index (χ0n) is 18.0. The summed E-state index contributed by atoms with van der Waals surface area (Å²) in [4.78, 5) is 15.0. The second kappa shape index (κ2) is 8.67. The van der Waals surface area contributed by atoms with Gasteiger partial charge in [-0.1, -0.05) is 35.5 Å². The van der Waals surface area contributed by atoms with Crippen molar-refractivity contribution in [3.8, 4) is 11.3 Å². The predicted molar refractivity (Wildman–Crippen MR) is 118 cm³/mol. The Morgan fingerprint density at radius 3 is 2.81 bits per heavy atom. The normalized spacial score (nSPS) is 18.4. The van der Waals surface area contributed by atoms with Crippen molar-refractivity contribution in [3.63, 3.8) is 0 Å². The first-order valence-electron chi connectivity index (χ1n) is 11.3. The number of fused-ring (bicyclic) bond motifs is 1. The topological polar surface area (TPSA) is 76.2 Å². The van der Waals surface area contributed by atoms with E-state index in [-0.39, 0.29) is 5.91 Å². The summed E-state index contributed by atoms with van der Waals surface area (Å²) < 4.78 is 7.55. The monoisotopic (exact) mass is 419 g/mol. The van der Waals surface area contributed by atoms with E-state index in [1.165, 1.54) is 5.69 Å². The summed E-state index contributed by atoms with van der Waals surface area (Å²) in [7, 11) is 0. The van der Waals surface area contributed by atoms with Crippen LogP contribution in [0.15, 0.2) is 40.9 Å². The summed E-state index contributed by atoms with van der Waals surface area (Å²) in [5.74, 6) is 0.886. The van der Waals surface area contributed by atoms with Crippen LogP contribution in [0.1, 0.15) is 53.6 Å². The molecule has 7 nitrogen and oxygen atoms in total. The van der Waals surface area contributed by atoms with Crippen molar-refractivity contribution < 1.29 is 9.32 Å². The third-order valence-electron chi connectivity index (χ3n) is 6.43. The Bertz CT molecular complexity index is 1050. The first-order valence-corrected chi connectivity index (χ1v) is 11.3. The average Bonchev–Trinajstić information content (AvgIpc) is 3.57. The van der Waals surface area contributed by atoms with Gasteiger partial charge in [0.1, 0.15) is 0 Å². The third kappa shape index (κ3) is 4.02. The van der Waals surface area contributed by atoms with Gasteiger partial charge in [-0.25, -0.2) is 0 Å². The summed E-state index contributed by atoms with van der Waals surface area (Å²) >= 11 is 0. The molecule has 1 atom stereocenters. The van der Waals surface area contributed by atoms with Crippen LogP contribution in [0.4, 0.5) is 0 Å². The second-order valence-corrected chi connectivity index (χ2v) is 8.46. The van der Waals surface area contributed by atoms with Crippen LogP contribution in [0.3, 0.4) is 0 Å². The van der Waals surface area contributed by atoms with E-state index in [0.717, 1.165) is 74.3 Å². The molecule has 1 aliphatic carbocycles. The maximum Gasteiger partial charge on any atom is 0.274 e. The highest BCUT2D eigenvalue weighted by Gasteiger charge is 2.31. The van der Waals surface area contributed by atoms with Gasteiger partial charge in [-0.15, -0.1) is 0 Å². The zero-order valence-corrected chi connectivity index (χ0v) is 18.0. The first kappa shape index (κ1) is 20.0. The molecule has 1 saturated heterocycles. The number of nitrogens with zero attached hydrogens (tertiary/aromatic N) is 4. The van der Waals surface area contributed by atoms with E-state index in [1.807, 2.05) is 46.0 Å². The lowest BCUT2D eigenvalue weighted by Gasteiger charge is -2.24. The maximum atomic E-state index is 13.1. The van der Waals surface area contributed by atoms with Crippen molar-refractivity contribution in [3.05, 3.63) is 59.0 Å². The van der Waals surface area contributed by atoms with E-state index in [0.29, 0.717) is 18.3 Å². The minimum Gasteiger partial charge on any atom is -0.356 e. The molecular formula is C24H29N5O2. The number of amides is 1. The number of benzene rings is 1. The fraction of sp³-hybridized carbons (Fsp3) is 0.458. The number of rotatable bonds is 6. The largest absolute Gasteiger partial charge is 0.356 e. The molecule has 2 aromatic heterocycles. The lowest BCUT2D eigenvalue weighted by atomic mass is 9.91. The van der Waals surface area contributed by atoms with Crippen LogP contribution in [0.25, 0.3) is 11.3 Å². The Labute approximate surface area is 182 Å². The van der Waals surface area contributed by atoms with Gasteiger partial charge in [-0.2, -0.15) is 5.10 Å². The first-order chi connectivity index (χ1) is 15.2. The van der Waals surface area contributed by atoms with E-state index in [2.05, 4.69) is 17.4 Å². The summed E-state index contributed by atoms with van der Waals surface area (Å²) in [5, 5.41) is 12.6. The van der Waals surface area contributed by atoms with Gasteiger partial charge in [-0.05, 0) is 39.0 Å². The zero-order chi connectivity index (χ0) is 21.2. The van der Waals surface area contributed by atoms with Crippen LogP contribution in [0, 0.1) is 0 Å². The van der Waals surface area contributed by atoms with Crippen LogP contribution in [0.5, 0.6) is 0 Å². The van der Waals surface area contributed by atoms with Gasteiger partial charge >= 0.3 is 0 Å². The fourth-order valence-corrected chi connectivity index (χ4v) is 4.75. The molecule has 162 valence electrons. The summed E-state index contributed by atoms with van der Waals surface area (Å²) in [6.45, 7) is 5.24. The Kier molecular flexibility index (Phi) is 5.59. The molecule has 0 bridgehead atoms. The number of hydrogen-bond donors (Lipinski definition) is 1. The number of hydrogen-bond acceptors (Lipinski definition) is 5. The Hall–Kier alpha value is -2.93. The quantitative estimate of drug-likeness (QED) is 0.662. The smallest absolute Gasteiger partial charge is 0.274 e. The number of nitrogens with one attached hydrogen (secondary N) is 1. The highest BCUT2D eigenvalue weighted by Crippen LogP contribution is 2.27. The number of carbonyl (C=O) groups is 1. The van der Waals surface area contributed by atoms with Crippen LogP contribution in [-0.2, 0) is 25.9 Å².